The Morgan fingerprint density at radius 1 is 1.08 bits per heavy atom. The van der Waals surface area contributed by atoms with Crippen LogP contribution in [0.3, 0.4) is 0 Å². The third-order valence-corrected chi connectivity index (χ3v) is 8.70. The van der Waals surface area contributed by atoms with E-state index in [2.05, 4.69) is 18.8 Å². The Balaban J connectivity index is 1.68. The number of hydrogen-bond donors (Lipinski definition) is 3. The van der Waals surface area contributed by atoms with Gasteiger partial charge in [0.25, 0.3) is 15.9 Å². The van der Waals surface area contributed by atoms with Crippen LogP contribution in [0, 0.1) is 3.57 Å². The predicted molar refractivity (Wildman–Crippen MR) is 151 cm³/mol. The fraction of sp³-hybridized carbons (Fsp3) is 0.167. The zero-order chi connectivity index (χ0) is 27.0. The Labute approximate surface area is 235 Å². The lowest BCUT2D eigenvalue weighted by Crippen LogP contribution is -2.52. The van der Waals surface area contributed by atoms with E-state index in [1.807, 2.05) is 22.6 Å². The summed E-state index contributed by atoms with van der Waals surface area (Å²) in [5.74, 6) is -2.00. The number of hydrogen-bond acceptors (Lipinski definition) is 7. The van der Waals surface area contributed by atoms with Crippen molar-refractivity contribution in [2.45, 2.75) is 30.2 Å². The number of nitrogens with zero attached hydrogens (tertiary/aromatic N) is 2. The van der Waals surface area contributed by atoms with Gasteiger partial charge in [0.2, 0.25) is 0 Å². The normalized spacial score (nSPS) is 12.8. The highest BCUT2D eigenvalue weighted by molar-refractivity contribution is 14.1. The molecular formula is C24H20ClIN4O5S2. The molecule has 1 atom stereocenters. The number of carbonyl (C=O) groups is 2. The first-order chi connectivity index (χ1) is 17.4. The number of rotatable bonds is 8. The summed E-state index contributed by atoms with van der Waals surface area (Å²) in [6.45, 7) is 3.38. The van der Waals surface area contributed by atoms with Crippen LogP contribution in [-0.4, -0.2) is 40.2 Å². The van der Waals surface area contributed by atoms with E-state index in [1.165, 1.54) is 18.2 Å². The Bertz CT molecular complexity index is 1610. The van der Waals surface area contributed by atoms with Crippen molar-refractivity contribution in [3.8, 4) is 0 Å². The molecule has 0 saturated heterocycles. The van der Waals surface area contributed by atoms with Crippen LogP contribution < -0.4 is 10.0 Å². The molecule has 1 unspecified atom stereocenters. The van der Waals surface area contributed by atoms with Crippen LogP contribution in [0.15, 0.2) is 65.6 Å². The first-order valence-electron chi connectivity index (χ1n) is 10.7. The third-order valence-electron chi connectivity index (χ3n) is 5.84. The first-order valence-corrected chi connectivity index (χ1v) is 14.4. The summed E-state index contributed by atoms with van der Waals surface area (Å²) >= 11 is 8.85. The number of carbonyl (C=O) groups excluding carboxylic acids is 1. The SMILES string of the molecule is CC(C)(c1ccc(Cl)cc1)C(NC(=O)c1ccc(I)cc1NS(=O)(=O)c1cccc2nsnc12)C(=O)O. The summed E-state index contributed by atoms with van der Waals surface area (Å²) in [5.41, 5.74) is 0.235. The van der Waals surface area contributed by atoms with Crippen molar-refractivity contribution in [2.24, 2.45) is 0 Å². The second kappa shape index (κ2) is 10.5. The lowest BCUT2D eigenvalue weighted by molar-refractivity contribution is -0.140. The van der Waals surface area contributed by atoms with Gasteiger partial charge in [0.15, 0.2) is 0 Å². The maximum absolute atomic E-state index is 13.4. The van der Waals surface area contributed by atoms with Crippen LogP contribution in [0.25, 0.3) is 11.0 Å². The van der Waals surface area contributed by atoms with Crippen LogP contribution in [-0.2, 0) is 20.2 Å². The Hall–Kier alpha value is -2.81. The number of amides is 1. The molecule has 0 aliphatic carbocycles. The number of aliphatic carboxylic acids is 1. The van der Waals surface area contributed by atoms with Crippen LogP contribution in [0.1, 0.15) is 29.8 Å². The number of aromatic nitrogens is 2. The van der Waals surface area contributed by atoms with Crippen LogP contribution in [0.5, 0.6) is 0 Å². The fourth-order valence-corrected chi connectivity index (χ4v) is 6.26. The lowest BCUT2D eigenvalue weighted by atomic mass is 9.77. The van der Waals surface area contributed by atoms with Gasteiger partial charge in [0, 0.05) is 14.0 Å². The third kappa shape index (κ3) is 5.71. The average molecular weight is 671 g/mol. The predicted octanol–water partition coefficient (Wildman–Crippen LogP) is 4.91. The van der Waals surface area contributed by atoms with Crippen molar-refractivity contribution >= 4 is 84.5 Å². The Morgan fingerprint density at radius 2 is 1.78 bits per heavy atom. The Morgan fingerprint density at radius 3 is 2.46 bits per heavy atom. The zero-order valence-electron chi connectivity index (χ0n) is 19.4. The number of halogens is 2. The van der Waals surface area contributed by atoms with Crippen LogP contribution in [0.2, 0.25) is 5.02 Å². The van der Waals surface area contributed by atoms with Gasteiger partial charge in [-0.05, 0) is 70.6 Å². The van der Waals surface area contributed by atoms with Gasteiger partial charge in [-0.2, -0.15) is 8.75 Å². The average Bonchev–Trinajstić information content (AvgIpc) is 3.31. The molecule has 3 N–H and O–H groups in total. The second-order valence-corrected chi connectivity index (χ2v) is 12.5. The molecule has 0 bridgehead atoms. The highest BCUT2D eigenvalue weighted by Gasteiger charge is 2.38. The van der Waals surface area contributed by atoms with E-state index in [0.717, 1.165) is 11.7 Å². The number of fused-ring (bicyclic) bond motifs is 1. The van der Waals surface area contributed by atoms with E-state index in [1.54, 1.807) is 56.3 Å². The summed E-state index contributed by atoms with van der Waals surface area (Å²) in [6.07, 6.45) is 0. The van der Waals surface area contributed by atoms with Crippen LogP contribution in [0.4, 0.5) is 5.69 Å². The number of carboxylic acids is 1. The molecular weight excluding hydrogens is 651 g/mol. The smallest absolute Gasteiger partial charge is 0.327 e. The molecule has 0 aliphatic rings. The summed E-state index contributed by atoms with van der Waals surface area (Å²) in [6, 6.07) is 14.5. The molecule has 1 heterocycles. The van der Waals surface area contributed by atoms with E-state index in [-0.39, 0.29) is 21.7 Å². The first kappa shape index (κ1) is 27.2. The molecule has 9 nitrogen and oxygen atoms in total. The van der Waals surface area contributed by atoms with E-state index in [0.29, 0.717) is 19.7 Å². The topological polar surface area (TPSA) is 138 Å². The summed E-state index contributed by atoms with van der Waals surface area (Å²) in [7, 11) is -4.16. The highest BCUT2D eigenvalue weighted by Crippen LogP contribution is 2.30. The van der Waals surface area contributed by atoms with E-state index >= 15 is 0 Å². The molecule has 0 spiro atoms. The maximum atomic E-state index is 13.4. The molecule has 0 saturated carbocycles. The monoisotopic (exact) mass is 670 g/mol. The number of benzene rings is 3. The van der Waals surface area contributed by atoms with Gasteiger partial charge in [-0.3, -0.25) is 9.52 Å². The van der Waals surface area contributed by atoms with E-state index in [9.17, 15) is 23.1 Å². The molecule has 4 rings (SSSR count). The van der Waals surface area contributed by atoms with Crippen molar-refractivity contribution in [3.63, 3.8) is 0 Å². The van der Waals surface area contributed by atoms with Crippen molar-refractivity contribution in [1.29, 1.82) is 0 Å². The van der Waals surface area contributed by atoms with Gasteiger partial charge < -0.3 is 10.4 Å². The van der Waals surface area contributed by atoms with Gasteiger partial charge >= 0.3 is 5.97 Å². The molecule has 3 aromatic carbocycles. The molecule has 13 heteroatoms. The minimum Gasteiger partial charge on any atom is -0.480 e. The lowest BCUT2D eigenvalue weighted by Gasteiger charge is -2.32. The van der Waals surface area contributed by atoms with Gasteiger partial charge in [0.1, 0.15) is 22.0 Å². The Kier molecular flexibility index (Phi) is 7.74. The zero-order valence-corrected chi connectivity index (χ0v) is 23.9. The van der Waals surface area contributed by atoms with E-state index in [4.69, 9.17) is 11.6 Å². The van der Waals surface area contributed by atoms with Crippen molar-refractivity contribution in [3.05, 3.63) is 80.4 Å². The molecule has 37 heavy (non-hydrogen) atoms. The number of nitrogens with one attached hydrogen (secondary N) is 2. The number of anilines is 1. The molecule has 1 aromatic heterocycles. The van der Waals surface area contributed by atoms with Gasteiger partial charge in [-0.15, -0.1) is 0 Å². The molecule has 192 valence electrons. The number of carboxylic acid groups (broad SMARTS) is 1. The van der Waals surface area contributed by atoms with Gasteiger partial charge in [0.05, 0.1) is 23.0 Å². The van der Waals surface area contributed by atoms with E-state index < -0.39 is 33.4 Å². The molecule has 0 radical (unpaired) electrons. The number of sulfonamides is 1. The molecule has 4 aromatic rings. The van der Waals surface area contributed by atoms with Crippen molar-refractivity contribution in [1.82, 2.24) is 14.1 Å². The van der Waals surface area contributed by atoms with Gasteiger partial charge in [-0.25, -0.2) is 13.2 Å². The van der Waals surface area contributed by atoms with Gasteiger partial charge in [-0.1, -0.05) is 43.6 Å². The minimum absolute atomic E-state index is 0.00182. The minimum atomic E-state index is -4.16. The second-order valence-electron chi connectivity index (χ2n) is 8.66. The highest BCUT2D eigenvalue weighted by atomic mass is 127. The standard InChI is InChI=1S/C24H20ClIN4O5S2/c1-24(2,13-6-8-14(25)9-7-13)21(23(32)33)27-22(31)16-11-10-15(26)12-18(16)30-37(34,35)19-5-3-4-17-20(19)29-36-28-17/h3-12,21,30H,1-2H3,(H,27,31)(H,32,33). The molecule has 1 amide bonds. The largest absolute Gasteiger partial charge is 0.480 e. The summed E-state index contributed by atoms with van der Waals surface area (Å²) in [4.78, 5) is 25.5. The molecule has 0 aliphatic heterocycles. The maximum Gasteiger partial charge on any atom is 0.327 e. The van der Waals surface area contributed by atoms with Crippen molar-refractivity contribution < 1.29 is 23.1 Å². The fourth-order valence-electron chi connectivity index (χ4n) is 3.80. The molecule has 0 fully saturated rings. The summed E-state index contributed by atoms with van der Waals surface area (Å²) < 4.78 is 37.9. The van der Waals surface area contributed by atoms with Crippen LogP contribution >= 0.6 is 45.9 Å². The quantitative estimate of drug-likeness (QED) is 0.227. The summed E-state index contributed by atoms with van der Waals surface area (Å²) in [5, 5.41) is 13.0. The van der Waals surface area contributed by atoms with Crippen molar-refractivity contribution in [2.75, 3.05) is 4.72 Å².